The summed E-state index contributed by atoms with van der Waals surface area (Å²) in [5, 5.41) is -0.238. The van der Waals surface area contributed by atoms with Gasteiger partial charge < -0.3 is 4.74 Å². The fourth-order valence-corrected chi connectivity index (χ4v) is 2.76. The Bertz CT molecular complexity index is 754. The predicted octanol–water partition coefficient (Wildman–Crippen LogP) is 4.49. The van der Waals surface area contributed by atoms with E-state index in [9.17, 15) is 18.0 Å². The number of rotatable bonds is 6. The number of halogens is 4. The molecule has 1 unspecified atom stereocenters. The number of nitrogens with zero attached hydrogens (tertiary/aromatic N) is 2. The number of ether oxygens (including phenoxy) is 1. The van der Waals surface area contributed by atoms with Gasteiger partial charge in [0, 0.05) is 12.7 Å². The predicted molar refractivity (Wildman–Crippen MR) is 91.5 cm³/mol. The van der Waals surface area contributed by atoms with Gasteiger partial charge in [0.1, 0.15) is 0 Å². The van der Waals surface area contributed by atoms with Crippen molar-refractivity contribution in [1.29, 1.82) is 0 Å². The van der Waals surface area contributed by atoms with Crippen LogP contribution >= 0.6 is 11.6 Å². The van der Waals surface area contributed by atoms with Crippen LogP contribution in [0.25, 0.3) is 0 Å². The van der Waals surface area contributed by atoms with Crippen LogP contribution in [0.5, 0.6) is 0 Å². The van der Waals surface area contributed by atoms with Gasteiger partial charge in [-0.3, -0.25) is 9.88 Å². The number of likely N-dealkylation sites (N-methyl/N-ethyl adjacent to an activating group) is 1. The summed E-state index contributed by atoms with van der Waals surface area (Å²) in [5.74, 6) is -0.625. The van der Waals surface area contributed by atoms with Crippen molar-refractivity contribution in [3.63, 3.8) is 0 Å². The Kier molecular flexibility index (Phi) is 6.61. The van der Waals surface area contributed by atoms with E-state index in [0.29, 0.717) is 12.7 Å². The number of hydrogen-bond donors (Lipinski definition) is 0. The van der Waals surface area contributed by atoms with Crippen molar-refractivity contribution >= 4 is 17.6 Å². The molecule has 1 atom stereocenters. The van der Waals surface area contributed by atoms with Gasteiger partial charge in [-0.1, -0.05) is 41.9 Å². The molecule has 26 heavy (non-hydrogen) atoms. The molecular weight excluding hydrogens is 369 g/mol. The first-order valence-corrected chi connectivity index (χ1v) is 8.25. The topological polar surface area (TPSA) is 42.4 Å². The fraction of sp³-hybridized carbons (Fsp3) is 0.333. The quantitative estimate of drug-likeness (QED) is 0.686. The third-order valence-corrected chi connectivity index (χ3v) is 3.98. The molecule has 0 bridgehead atoms. The van der Waals surface area contributed by atoms with Crippen LogP contribution in [0.4, 0.5) is 13.2 Å². The highest BCUT2D eigenvalue weighted by Gasteiger charge is 2.35. The smallest absolute Gasteiger partial charge is 0.417 e. The maximum absolute atomic E-state index is 12.8. The van der Waals surface area contributed by atoms with E-state index in [1.165, 1.54) is 0 Å². The molecule has 0 fully saturated rings. The summed E-state index contributed by atoms with van der Waals surface area (Å²) in [4.78, 5) is 17.9. The second-order valence-corrected chi connectivity index (χ2v) is 6.05. The summed E-state index contributed by atoms with van der Waals surface area (Å²) in [6.45, 7) is 2.14. The minimum Gasteiger partial charge on any atom is -0.465 e. The molecule has 0 aliphatic heterocycles. The molecule has 0 saturated heterocycles. The van der Waals surface area contributed by atoms with Gasteiger partial charge in [0.2, 0.25) is 0 Å². The van der Waals surface area contributed by atoms with Gasteiger partial charge in [-0.15, -0.1) is 0 Å². The average molecular weight is 387 g/mol. The van der Waals surface area contributed by atoms with E-state index in [-0.39, 0.29) is 17.3 Å². The second-order valence-electron chi connectivity index (χ2n) is 5.64. The molecule has 8 heteroatoms. The lowest BCUT2D eigenvalue weighted by atomic mass is 10.1. The van der Waals surface area contributed by atoms with E-state index in [4.69, 9.17) is 16.3 Å². The molecule has 0 spiro atoms. The molecule has 0 amide bonds. The molecule has 0 radical (unpaired) electrons. The van der Waals surface area contributed by atoms with Gasteiger partial charge in [0.15, 0.2) is 6.04 Å². The molecule has 1 aromatic carbocycles. The van der Waals surface area contributed by atoms with E-state index >= 15 is 0 Å². The standard InChI is InChI=1S/C18H18ClF3N2O2/c1-3-26-17(25)16(24(2)11-12-7-5-4-6-8-12)15-14(19)9-13(10-23-15)18(20,21)22/h4-10,16H,3,11H2,1-2H3. The van der Waals surface area contributed by atoms with Gasteiger partial charge in [-0.25, -0.2) is 4.79 Å². The molecule has 1 aromatic heterocycles. The highest BCUT2D eigenvalue weighted by molar-refractivity contribution is 6.31. The van der Waals surface area contributed by atoms with Crippen LogP contribution in [0.1, 0.15) is 29.8 Å². The Morgan fingerprint density at radius 3 is 2.50 bits per heavy atom. The van der Waals surface area contributed by atoms with Gasteiger partial charge >= 0.3 is 12.1 Å². The van der Waals surface area contributed by atoms with Crippen LogP contribution in [0.3, 0.4) is 0 Å². The minimum atomic E-state index is -4.56. The SMILES string of the molecule is CCOC(=O)C(c1ncc(C(F)(F)F)cc1Cl)N(C)Cc1ccccc1. The molecular formula is C18H18ClF3N2O2. The lowest BCUT2D eigenvalue weighted by molar-refractivity contribution is -0.149. The molecule has 0 saturated carbocycles. The van der Waals surface area contributed by atoms with Crippen molar-refractivity contribution in [3.8, 4) is 0 Å². The van der Waals surface area contributed by atoms with Crippen molar-refractivity contribution in [2.75, 3.05) is 13.7 Å². The highest BCUT2D eigenvalue weighted by atomic mass is 35.5. The Balaban J connectivity index is 2.37. The Labute approximate surface area is 154 Å². The van der Waals surface area contributed by atoms with Crippen molar-refractivity contribution in [1.82, 2.24) is 9.88 Å². The number of aromatic nitrogens is 1. The summed E-state index contributed by atoms with van der Waals surface area (Å²) >= 11 is 6.02. The number of benzene rings is 1. The van der Waals surface area contributed by atoms with Gasteiger partial charge in [-0.2, -0.15) is 13.2 Å². The van der Waals surface area contributed by atoms with E-state index in [1.807, 2.05) is 30.3 Å². The maximum Gasteiger partial charge on any atom is 0.417 e. The van der Waals surface area contributed by atoms with Crippen LogP contribution in [0, 0.1) is 0 Å². The van der Waals surface area contributed by atoms with Crippen LogP contribution in [0.15, 0.2) is 42.6 Å². The molecule has 140 valence electrons. The largest absolute Gasteiger partial charge is 0.465 e. The second kappa shape index (κ2) is 8.51. The summed E-state index contributed by atoms with van der Waals surface area (Å²) in [6.07, 6.45) is -3.89. The summed E-state index contributed by atoms with van der Waals surface area (Å²) < 4.78 is 43.5. The maximum atomic E-state index is 12.8. The molecule has 0 aliphatic carbocycles. The number of hydrogen-bond acceptors (Lipinski definition) is 4. The summed E-state index contributed by atoms with van der Waals surface area (Å²) in [6, 6.07) is 9.07. The van der Waals surface area contributed by atoms with Crippen LogP contribution in [0.2, 0.25) is 5.02 Å². The van der Waals surface area contributed by atoms with Crippen LogP contribution in [-0.4, -0.2) is 29.5 Å². The Morgan fingerprint density at radius 1 is 1.31 bits per heavy atom. The van der Waals surface area contributed by atoms with E-state index in [2.05, 4.69) is 4.98 Å². The summed E-state index contributed by atoms with van der Waals surface area (Å²) in [5.41, 5.74) is -0.0246. The van der Waals surface area contributed by atoms with Crippen molar-refractivity contribution in [2.24, 2.45) is 0 Å². The zero-order valence-electron chi connectivity index (χ0n) is 14.3. The molecule has 2 rings (SSSR count). The number of pyridine rings is 1. The van der Waals surface area contributed by atoms with Crippen molar-refractivity contribution in [2.45, 2.75) is 25.7 Å². The normalized spacial score (nSPS) is 12.9. The third kappa shape index (κ3) is 4.95. The van der Waals surface area contributed by atoms with Crippen LogP contribution < -0.4 is 0 Å². The fourth-order valence-electron chi connectivity index (χ4n) is 2.49. The Morgan fingerprint density at radius 2 is 1.96 bits per heavy atom. The molecule has 0 aliphatic rings. The summed E-state index contributed by atoms with van der Waals surface area (Å²) in [7, 11) is 1.66. The van der Waals surface area contributed by atoms with Crippen molar-refractivity contribution in [3.05, 3.63) is 64.4 Å². The highest BCUT2D eigenvalue weighted by Crippen LogP contribution is 2.34. The van der Waals surface area contributed by atoms with Crippen molar-refractivity contribution < 1.29 is 22.7 Å². The van der Waals surface area contributed by atoms with E-state index in [0.717, 1.165) is 11.6 Å². The average Bonchev–Trinajstić information content (AvgIpc) is 2.57. The lowest BCUT2D eigenvalue weighted by Gasteiger charge is -2.26. The first-order valence-electron chi connectivity index (χ1n) is 7.87. The van der Waals surface area contributed by atoms with Gasteiger partial charge in [0.05, 0.1) is 22.9 Å². The molecule has 2 aromatic rings. The van der Waals surface area contributed by atoms with Gasteiger partial charge in [-0.05, 0) is 25.6 Å². The molecule has 0 N–H and O–H groups in total. The number of alkyl halides is 3. The first kappa shape index (κ1) is 20.2. The zero-order chi connectivity index (χ0) is 19.3. The molecule has 1 heterocycles. The first-order chi connectivity index (χ1) is 12.2. The van der Waals surface area contributed by atoms with E-state index in [1.54, 1.807) is 18.9 Å². The number of carbonyl (C=O) groups excluding carboxylic acids is 1. The zero-order valence-corrected chi connectivity index (χ0v) is 15.0. The third-order valence-electron chi connectivity index (χ3n) is 3.68. The number of carbonyl (C=O) groups is 1. The van der Waals surface area contributed by atoms with Gasteiger partial charge in [0.25, 0.3) is 0 Å². The molecule has 4 nitrogen and oxygen atoms in total. The minimum absolute atomic E-state index is 0.0246. The van der Waals surface area contributed by atoms with E-state index < -0.39 is 23.8 Å². The monoisotopic (exact) mass is 386 g/mol. The number of esters is 1. The van der Waals surface area contributed by atoms with Crippen LogP contribution in [-0.2, 0) is 22.3 Å². The lowest BCUT2D eigenvalue weighted by Crippen LogP contribution is -2.33. The Hall–Kier alpha value is -2.12.